The van der Waals surface area contributed by atoms with Crippen LogP contribution in [0.3, 0.4) is 0 Å². The smallest absolute Gasteiger partial charge is 0.228 e. The molecule has 1 aliphatic heterocycles. The summed E-state index contributed by atoms with van der Waals surface area (Å²) in [5, 5.41) is 5.23. The zero-order valence-corrected chi connectivity index (χ0v) is 15.4. The first-order chi connectivity index (χ1) is 13.1. The molecular weight excluding hydrogens is 336 g/mol. The molecule has 0 bridgehead atoms. The second-order valence-electron chi connectivity index (χ2n) is 7.01. The average Bonchev–Trinajstić information content (AvgIpc) is 3.08. The minimum Gasteiger partial charge on any atom is -0.326 e. The molecular formula is C23H22N2O2. The van der Waals surface area contributed by atoms with Crippen LogP contribution in [0.2, 0.25) is 0 Å². The zero-order chi connectivity index (χ0) is 18.8. The van der Waals surface area contributed by atoms with Gasteiger partial charge in [0.25, 0.3) is 0 Å². The van der Waals surface area contributed by atoms with E-state index in [2.05, 4.69) is 17.4 Å². The standard InChI is InChI=1S/C23H22N2O2/c1-16-14-19(11-12-21(16)25-13-5-10-23(25)27)24-22(26)15-18-8-4-7-17-6-2-3-9-20(17)18/h2-4,6-9,11-12,14H,5,10,13,15H2,1H3,(H,24,26). The predicted octanol–water partition coefficient (Wildman–Crippen LogP) is 4.46. The summed E-state index contributed by atoms with van der Waals surface area (Å²) in [7, 11) is 0. The first kappa shape index (κ1) is 17.3. The number of amides is 2. The summed E-state index contributed by atoms with van der Waals surface area (Å²) in [5.74, 6) is 0.126. The van der Waals surface area contributed by atoms with E-state index in [1.165, 1.54) is 0 Å². The molecule has 27 heavy (non-hydrogen) atoms. The fraction of sp³-hybridized carbons (Fsp3) is 0.217. The van der Waals surface area contributed by atoms with Crippen molar-refractivity contribution in [3.05, 3.63) is 71.8 Å². The number of rotatable bonds is 4. The van der Waals surface area contributed by atoms with Crippen molar-refractivity contribution in [2.24, 2.45) is 0 Å². The van der Waals surface area contributed by atoms with Gasteiger partial charge in [0, 0.05) is 24.3 Å². The summed E-state index contributed by atoms with van der Waals surface area (Å²) in [6.07, 6.45) is 1.84. The summed E-state index contributed by atoms with van der Waals surface area (Å²) in [4.78, 5) is 26.3. The van der Waals surface area contributed by atoms with Crippen LogP contribution in [0.4, 0.5) is 11.4 Å². The van der Waals surface area contributed by atoms with E-state index in [-0.39, 0.29) is 11.8 Å². The lowest BCUT2D eigenvalue weighted by molar-refractivity contribution is -0.117. The van der Waals surface area contributed by atoms with E-state index < -0.39 is 0 Å². The van der Waals surface area contributed by atoms with Crippen LogP contribution in [0.5, 0.6) is 0 Å². The first-order valence-electron chi connectivity index (χ1n) is 9.29. The van der Waals surface area contributed by atoms with Gasteiger partial charge in [-0.3, -0.25) is 9.59 Å². The number of nitrogens with zero attached hydrogens (tertiary/aromatic N) is 1. The maximum absolute atomic E-state index is 12.6. The molecule has 0 radical (unpaired) electrons. The summed E-state index contributed by atoms with van der Waals surface area (Å²) < 4.78 is 0. The second kappa shape index (κ2) is 7.23. The molecule has 1 saturated heterocycles. The van der Waals surface area contributed by atoms with Crippen molar-refractivity contribution in [1.82, 2.24) is 0 Å². The highest BCUT2D eigenvalue weighted by atomic mass is 16.2. The van der Waals surface area contributed by atoms with Crippen LogP contribution in [0.15, 0.2) is 60.7 Å². The molecule has 4 rings (SSSR count). The van der Waals surface area contributed by atoms with Crippen molar-refractivity contribution >= 4 is 34.0 Å². The number of hydrogen-bond donors (Lipinski definition) is 1. The third kappa shape index (κ3) is 3.56. The van der Waals surface area contributed by atoms with Crippen molar-refractivity contribution in [1.29, 1.82) is 0 Å². The van der Waals surface area contributed by atoms with Crippen molar-refractivity contribution in [2.75, 3.05) is 16.8 Å². The van der Waals surface area contributed by atoms with Crippen molar-refractivity contribution in [3.63, 3.8) is 0 Å². The Bertz CT molecular complexity index is 1020. The number of anilines is 2. The van der Waals surface area contributed by atoms with Crippen LogP contribution < -0.4 is 10.2 Å². The summed E-state index contributed by atoms with van der Waals surface area (Å²) in [6, 6.07) is 19.9. The number of carbonyl (C=O) groups is 2. The van der Waals surface area contributed by atoms with Gasteiger partial charge in [-0.05, 0) is 53.4 Å². The minimum atomic E-state index is -0.0456. The zero-order valence-electron chi connectivity index (χ0n) is 15.4. The fourth-order valence-corrected chi connectivity index (χ4v) is 3.76. The normalized spacial score (nSPS) is 14.0. The molecule has 0 unspecified atom stereocenters. The molecule has 0 spiro atoms. The molecule has 0 aromatic heterocycles. The van der Waals surface area contributed by atoms with E-state index in [4.69, 9.17) is 0 Å². The Balaban J connectivity index is 1.49. The van der Waals surface area contributed by atoms with Gasteiger partial charge in [0.15, 0.2) is 0 Å². The van der Waals surface area contributed by atoms with Gasteiger partial charge in [0.05, 0.1) is 6.42 Å². The van der Waals surface area contributed by atoms with E-state index >= 15 is 0 Å². The molecule has 0 saturated carbocycles. The highest BCUT2D eigenvalue weighted by molar-refractivity contribution is 5.98. The number of carbonyl (C=O) groups excluding carboxylic acids is 2. The molecule has 1 fully saturated rings. The predicted molar refractivity (Wildman–Crippen MR) is 109 cm³/mol. The average molecular weight is 358 g/mol. The van der Waals surface area contributed by atoms with Gasteiger partial charge in [-0.1, -0.05) is 42.5 Å². The van der Waals surface area contributed by atoms with E-state index in [0.717, 1.165) is 46.2 Å². The maximum atomic E-state index is 12.6. The summed E-state index contributed by atoms with van der Waals surface area (Å²) >= 11 is 0. The Labute approximate surface area is 158 Å². The first-order valence-corrected chi connectivity index (χ1v) is 9.29. The van der Waals surface area contributed by atoms with Crippen molar-refractivity contribution in [2.45, 2.75) is 26.2 Å². The van der Waals surface area contributed by atoms with Gasteiger partial charge >= 0.3 is 0 Å². The molecule has 1 aliphatic rings. The largest absolute Gasteiger partial charge is 0.326 e. The Kier molecular flexibility index (Phi) is 4.63. The Morgan fingerprint density at radius 3 is 2.67 bits per heavy atom. The van der Waals surface area contributed by atoms with Gasteiger partial charge in [0.1, 0.15) is 0 Å². The monoisotopic (exact) mass is 358 g/mol. The van der Waals surface area contributed by atoms with E-state index in [9.17, 15) is 9.59 Å². The number of benzene rings is 3. The van der Waals surface area contributed by atoms with Crippen LogP contribution in [0.25, 0.3) is 10.8 Å². The SMILES string of the molecule is Cc1cc(NC(=O)Cc2cccc3ccccc23)ccc1N1CCCC1=O. The van der Waals surface area contributed by atoms with E-state index in [1.807, 2.05) is 60.4 Å². The van der Waals surface area contributed by atoms with Crippen LogP contribution in [-0.2, 0) is 16.0 Å². The van der Waals surface area contributed by atoms with Crippen molar-refractivity contribution in [3.8, 4) is 0 Å². The topological polar surface area (TPSA) is 49.4 Å². The Morgan fingerprint density at radius 2 is 1.89 bits per heavy atom. The highest BCUT2D eigenvalue weighted by Gasteiger charge is 2.23. The molecule has 1 N–H and O–H groups in total. The molecule has 0 atom stereocenters. The Morgan fingerprint density at radius 1 is 1.07 bits per heavy atom. The Hall–Kier alpha value is -3.14. The number of hydrogen-bond acceptors (Lipinski definition) is 2. The third-order valence-electron chi connectivity index (χ3n) is 5.08. The quantitative estimate of drug-likeness (QED) is 0.749. The number of aryl methyl sites for hydroxylation is 1. The van der Waals surface area contributed by atoms with Gasteiger partial charge in [0.2, 0.25) is 11.8 Å². The molecule has 4 nitrogen and oxygen atoms in total. The molecule has 136 valence electrons. The molecule has 3 aromatic carbocycles. The van der Waals surface area contributed by atoms with Crippen LogP contribution in [-0.4, -0.2) is 18.4 Å². The molecule has 4 heteroatoms. The maximum Gasteiger partial charge on any atom is 0.228 e. The lowest BCUT2D eigenvalue weighted by atomic mass is 10.0. The second-order valence-corrected chi connectivity index (χ2v) is 7.01. The van der Waals surface area contributed by atoms with Gasteiger partial charge in [-0.2, -0.15) is 0 Å². The van der Waals surface area contributed by atoms with Gasteiger partial charge in [-0.15, -0.1) is 0 Å². The molecule has 3 aromatic rings. The number of nitrogens with one attached hydrogen (secondary N) is 1. The third-order valence-corrected chi connectivity index (χ3v) is 5.08. The summed E-state index contributed by atoms with van der Waals surface area (Å²) in [6.45, 7) is 2.74. The molecule has 1 heterocycles. The lowest BCUT2D eigenvalue weighted by Crippen LogP contribution is -2.24. The fourth-order valence-electron chi connectivity index (χ4n) is 3.76. The number of fused-ring (bicyclic) bond motifs is 1. The highest BCUT2D eigenvalue weighted by Crippen LogP contribution is 2.27. The summed E-state index contributed by atoms with van der Waals surface area (Å²) in [5.41, 5.74) is 3.70. The van der Waals surface area contributed by atoms with Crippen LogP contribution in [0.1, 0.15) is 24.0 Å². The lowest BCUT2D eigenvalue weighted by Gasteiger charge is -2.19. The van der Waals surface area contributed by atoms with E-state index in [0.29, 0.717) is 12.8 Å². The minimum absolute atomic E-state index is 0.0456. The van der Waals surface area contributed by atoms with Crippen LogP contribution in [0, 0.1) is 6.92 Å². The van der Waals surface area contributed by atoms with E-state index in [1.54, 1.807) is 0 Å². The van der Waals surface area contributed by atoms with Crippen LogP contribution >= 0.6 is 0 Å². The van der Waals surface area contributed by atoms with Gasteiger partial charge in [-0.25, -0.2) is 0 Å². The molecule has 2 amide bonds. The van der Waals surface area contributed by atoms with Crippen molar-refractivity contribution < 1.29 is 9.59 Å². The molecule has 0 aliphatic carbocycles. The van der Waals surface area contributed by atoms with Gasteiger partial charge < -0.3 is 10.2 Å².